The highest BCUT2D eigenvalue weighted by molar-refractivity contribution is 7.16. The van der Waals surface area contributed by atoms with Crippen LogP contribution in [0.3, 0.4) is 0 Å². The molecule has 22 heavy (non-hydrogen) atoms. The highest BCUT2D eigenvalue weighted by atomic mass is 32.1. The van der Waals surface area contributed by atoms with E-state index in [1.54, 1.807) is 11.3 Å². The molecule has 0 atom stereocenters. The SMILES string of the molecule is C/C=C\CC(C/C=C\C)CC(=O)Nc1cc2c(s1)CCCC2. The van der Waals surface area contributed by atoms with Crippen molar-refractivity contribution in [3.05, 3.63) is 40.8 Å². The zero-order valence-electron chi connectivity index (χ0n) is 13.7. The highest BCUT2D eigenvalue weighted by Gasteiger charge is 2.16. The monoisotopic (exact) mass is 317 g/mol. The van der Waals surface area contributed by atoms with Crippen LogP contribution in [0.25, 0.3) is 0 Å². The lowest BCUT2D eigenvalue weighted by Gasteiger charge is -2.12. The number of rotatable bonds is 7. The van der Waals surface area contributed by atoms with Crippen LogP contribution in [0.1, 0.15) is 56.4 Å². The lowest BCUT2D eigenvalue weighted by molar-refractivity contribution is -0.117. The number of carbonyl (C=O) groups excluding carboxylic acids is 1. The largest absolute Gasteiger partial charge is 0.318 e. The molecule has 0 radical (unpaired) electrons. The summed E-state index contributed by atoms with van der Waals surface area (Å²) < 4.78 is 0. The number of aryl methyl sites for hydroxylation is 2. The Kier molecular flexibility index (Phi) is 6.91. The summed E-state index contributed by atoms with van der Waals surface area (Å²) in [6, 6.07) is 2.18. The van der Waals surface area contributed by atoms with Crippen molar-refractivity contribution in [1.82, 2.24) is 0 Å². The van der Waals surface area contributed by atoms with E-state index >= 15 is 0 Å². The molecule has 2 nitrogen and oxygen atoms in total. The molecule has 2 rings (SSSR count). The third kappa shape index (κ3) is 5.13. The summed E-state index contributed by atoms with van der Waals surface area (Å²) in [5.41, 5.74) is 1.45. The molecule has 1 aliphatic carbocycles. The van der Waals surface area contributed by atoms with Gasteiger partial charge in [0.05, 0.1) is 5.00 Å². The lowest BCUT2D eigenvalue weighted by atomic mass is 9.96. The molecule has 1 amide bonds. The molecule has 1 heterocycles. The van der Waals surface area contributed by atoms with Crippen LogP contribution in [0.4, 0.5) is 5.00 Å². The molecule has 0 saturated heterocycles. The molecule has 0 aromatic carbocycles. The molecular formula is C19H27NOS. The normalized spacial score (nSPS) is 14.9. The topological polar surface area (TPSA) is 29.1 Å². The van der Waals surface area contributed by atoms with E-state index in [0.29, 0.717) is 12.3 Å². The number of nitrogens with one attached hydrogen (secondary N) is 1. The first kappa shape index (κ1) is 17.0. The standard InChI is InChI=1S/C19H27NOS/c1-3-5-9-15(10-6-4-2)13-18(21)20-19-14-16-11-7-8-12-17(16)22-19/h3-6,14-15H,7-13H2,1-2H3,(H,20,21)/b5-3-,6-4-. The first-order chi connectivity index (χ1) is 10.7. The van der Waals surface area contributed by atoms with Crippen LogP contribution in [-0.2, 0) is 17.6 Å². The summed E-state index contributed by atoms with van der Waals surface area (Å²) in [5.74, 6) is 0.541. The maximum absolute atomic E-state index is 12.3. The predicted molar refractivity (Wildman–Crippen MR) is 96.6 cm³/mol. The third-order valence-corrected chi connectivity index (χ3v) is 5.30. The first-order valence-corrected chi connectivity index (χ1v) is 9.18. The minimum Gasteiger partial charge on any atom is -0.318 e. The molecule has 1 aromatic rings. The van der Waals surface area contributed by atoms with E-state index in [2.05, 4.69) is 35.7 Å². The molecule has 0 bridgehead atoms. The third-order valence-electron chi connectivity index (χ3n) is 4.14. The second-order valence-corrected chi connectivity index (χ2v) is 7.13. The Bertz CT molecular complexity index is 504. The molecular weight excluding hydrogens is 290 g/mol. The van der Waals surface area contributed by atoms with Gasteiger partial charge in [-0.3, -0.25) is 4.79 Å². The minimum atomic E-state index is 0.151. The average Bonchev–Trinajstić information content (AvgIpc) is 2.91. The number of allylic oxidation sites excluding steroid dienone is 4. The Morgan fingerprint density at radius 3 is 2.55 bits per heavy atom. The zero-order valence-corrected chi connectivity index (χ0v) is 14.5. The fourth-order valence-electron chi connectivity index (χ4n) is 2.92. The lowest BCUT2D eigenvalue weighted by Crippen LogP contribution is -2.15. The van der Waals surface area contributed by atoms with Gasteiger partial charge in [0, 0.05) is 11.3 Å². The van der Waals surface area contributed by atoms with Gasteiger partial charge in [-0.25, -0.2) is 0 Å². The molecule has 0 fully saturated rings. The van der Waals surface area contributed by atoms with E-state index in [-0.39, 0.29) is 5.91 Å². The van der Waals surface area contributed by atoms with Gasteiger partial charge in [0.1, 0.15) is 0 Å². The number of carbonyl (C=O) groups is 1. The van der Waals surface area contributed by atoms with Gasteiger partial charge in [0.2, 0.25) is 5.91 Å². The quantitative estimate of drug-likeness (QED) is 0.661. The average molecular weight is 317 g/mol. The molecule has 0 aliphatic heterocycles. The van der Waals surface area contributed by atoms with Crippen LogP contribution >= 0.6 is 11.3 Å². The fraction of sp³-hybridized carbons (Fsp3) is 0.526. The smallest absolute Gasteiger partial charge is 0.225 e. The van der Waals surface area contributed by atoms with Gasteiger partial charge in [0.25, 0.3) is 0 Å². The Morgan fingerprint density at radius 1 is 1.23 bits per heavy atom. The van der Waals surface area contributed by atoms with E-state index < -0.39 is 0 Å². The van der Waals surface area contributed by atoms with Gasteiger partial charge in [-0.2, -0.15) is 0 Å². The van der Waals surface area contributed by atoms with Gasteiger partial charge >= 0.3 is 0 Å². The Balaban J connectivity index is 1.90. The number of thiophene rings is 1. The number of anilines is 1. The summed E-state index contributed by atoms with van der Waals surface area (Å²) in [5, 5.41) is 4.15. The van der Waals surface area contributed by atoms with Crippen molar-refractivity contribution in [1.29, 1.82) is 0 Å². The number of hydrogen-bond acceptors (Lipinski definition) is 2. The van der Waals surface area contributed by atoms with E-state index in [9.17, 15) is 4.79 Å². The fourth-order valence-corrected chi connectivity index (χ4v) is 4.09. The highest BCUT2D eigenvalue weighted by Crippen LogP contribution is 2.33. The van der Waals surface area contributed by atoms with Crippen LogP contribution in [-0.4, -0.2) is 5.91 Å². The summed E-state index contributed by atoms with van der Waals surface area (Å²) in [6.07, 6.45) is 15.9. The van der Waals surface area contributed by atoms with Crippen LogP contribution in [0, 0.1) is 5.92 Å². The summed E-state index contributed by atoms with van der Waals surface area (Å²) >= 11 is 1.77. The summed E-state index contributed by atoms with van der Waals surface area (Å²) in [4.78, 5) is 13.8. The summed E-state index contributed by atoms with van der Waals surface area (Å²) in [7, 11) is 0. The molecule has 0 spiro atoms. The first-order valence-electron chi connectivity index (χ1n) is 8.36. The van der Waals surface area contributed by atoms with Gasteiger partial charge in [-0.1, -0.05) is 24.3 Å². The molecule has 0 saturated carbocycles. The number of fused-ring (bicyclic) bond motifs is 1. The summed E-state index contributed by atoms with van der Waals surface area (Å²) in [6.45, 7) is 4.06. The van der Waals surface area contributed by atoms with Crippen molar-refractivity contribution in [3.63, 3.8) is 0 Å². The predicted octanol–water partition coefficient (Wildman–Crippen LogP) is 5.50. The van der Waals surface area contributed by atoms with Crippen molar-refractivity contribution in [2.45, 2.75) is 58.8 Å². The Morgan fingerprint density at radius 2 is 1.91 bits per heavy atom. The molecule has 0 unspecified atom stereocenters. The van der Waals surface area contributed by atoms with E-state index in [1.165, 1.54) is 36.1 Å². The molecule has 1 aliphatic rings. The van der Waals surface area contributed by atoms with Crippen molar-refractivity contribution in [3.8, 4) is 0 Å². The zero-order chi connectivity index (χ0) is 15.8. The molecule has 3 heteroatoms. The van der Waals surface area contributed by atoms with Gasteiger partial charge < -0.3 is 5.32 Å². The Labute approximate surface area is 138 Å². The van der Waals surface area contributed by atoms with Crippen LogP contribution in [0.15, 0.2) is 30.4 Å². The van der Waals surface area contributed by atoms with Gasteiger partial charge in [-0.15, -0.1) is 11.3 Å². The Hall–Kier alpha value is -1.35. The second kappa shape index (κ2) is 8.94. The molecule has 1 aromatic heterocycles. The molecule has 1 N–H and O–H groups in total. The maximum Gasteiger partial charge on any atom is 0.225 e. The minimum absolute atomic E-state index is 0.151. The second-order valence-electron chi connectivity index (χ2n) is 5.99. The van der Waals surface area contributed by atoms with Crippen molar-refractivity contribution >= 4 is 22.2 Å². The van der Waals surface area contributed by atoms with Gasteiger partial charge in [-0.05, 0) is 69.9 Å². The molecule has 120 valence electrons. The van der Waals surface area contributed by atoms with Crippen molar-refractivity contribution in [2.75, 3.05) is 5.32 Å². The van der Waals surface area contributed by atoms with Crippen LogP contribution < -0.4 is 5.32 Å². The van der Waals surface area contributed by atoms with Crippen LogP contribution in [0.2, 0.25) is 0 Å². The van der Waals surface area contributed by atoms with Crippen molar-refractivity contribution < 1.29 is 4.79 Å². The van der Waals surface area contributed by atoms with E-state index in [1.807, 2.05) is 13.8 Å². The number of hydrogen-bond donors (Lipinski definition) is 1. The van der Waals surface area contributed by atoms with E-state index in [0.717, 1.165) is 17.8 Å². The van der Waals surface area contributed by atoms with Crippen LogP contribution in [0.5, 0.6) is 0 Å². The van der Waals surface area contributed by atoms with E-state index in [4.69, 9.17) is 0 Å². The number of amides is 1. The van der Waals surface area contributed by atoms with Crippen molar-refractivity contribution in [2.24, 2.45) is 5.92 Å². The maximum atomic E-state index is 12.3. The van der Waals surface area contributed by atoms with Gasteiger partial charge in [0.15, 0.2) is 0 Å².